The molecule has 0 aliphatic rings. The summed E-state index contributed by atoms with van der Waals surface area (Å²) in [6, 6.07) is 7.47. The molecule has 7 heteroatoms. The number of aryl methyl sites for hydroxylation is 3. The van der Waals surface area contributed by atoms with Crippen LogP contribution in [-0.2, 0) is 13.7 Å². The first-order valence-corrected chi connectivity index (χ1v) is 8.96. The molecule has 1 N–H and O–H groups in total. The number of aromatic nitrogens is 2. The zero-order chi connectivity index (χ0) is 18.0. The van der Waals surface area contributed by atoms with Crippen molar-refractivity contribution in [2.45, 2.75) is 20.5 Å². The highest BCUT2D eigenvalue weighted by Crippen LogP contribution is 2.27. The van der Waals surface area contributed by atoms with Gasteiger partial charge in [-0.25, -0.2) is 0 Å². The van der Waals surface area contributed by atoms with Gasteiger partial charge in [-0.2, -0.15) is 5.10 Å². The molecule has 25 heavy (non-hydrogen) atoms. The quantitative estimate of drug-likeness (QED) is 0.709. The van der Waals surface area contributed by atoms with Crippen molar-refractivity contribution >= 4 is 34.5 Å². The number of nitrogens with zero attached hydrogens (tertiary/aromatic N) is 2. The molecule has 2 heterocycles. The Bertz CT molecular complexity index is 917. The smallest absolute Gasteiger partial charge is 0.265 e. The molecule has 0 aliphatic heterocycles. The first-order valence-electron chi connectivity index (χ1n) is 7.70. The first-order chi connectivity index (χ1) is 11.9. The van der Waals surface area contributed by atoms with E-state index >= 15 is 0 Å². The molecule has 1 amide bonds. The Morgan fingerprint density at radius 3 is 2.88 bits per heavy atom. The summed E-state index contributed by atoms with van der Waals surface area (Å²) < 4.78 is 7.44. The Labute approximate surface area is 155 Å². The number of anilines is 1. The zero-order valence-electron chi connectivity index (χ0n) is 14.2. The van der Waals surface area contributed by atoms with E-state index in [4.69, 9.17) is 16.3 Å². The minimum atomic E-state index is -0.152. The van der Waals surface area contributed by atoms with Gasteiger partial charge in [0.25, 0.3) is 5.91 Å². The van der Waals surface area contributed by atoms with E-state index in [1.54, 1.807) is 10.9 Å². The van der Waals surface area contributed by atoms with E-state index in [9.17, 15) is 4.79 Å². The predicted octanol–water partition coefficient (Wildman–Crippen LogP) is 4.58. The summed E-state index contributed by atoms with van der Waals surface area (Å²) in [6.07, 6.45) is 1.78. The Hall–Kier alpha value is -2.31. The van der Waals surface area contributed by atoms with Crippen LogP contribution < -0.4 is 10.1 Å². The highest BCUT2D eigenvalue weighted by molar-refractivity contribution is 7.12. The molecule has 0 saturated carbocycles. The summed E-state index contributed by atoms with van der Waals surface area (Å²) in [4.78, 5) is 13.0. The number of amides is 1. The number of ether oxygens (including phenoxy) is 1. The summed E-state index contributed by atoms with van der Waals surface area (Å²) in [5.41, 5.74) is 3.50. The van der Waals surface area contributed by atoms with Crippen LogP contribution in [0.4, 0.5) is 5.69 Å². The summed E-state index contributed by atoms with van der Waals surface area (Å²) in [7, 11) is 1.82. The van der Waals surface area contributed by atoms with Crippen LogP contribution in [0, 0.1) is 13.8 Å². The van der Waals surface area contributed by atoms with Gasteiger partial charge in [-0.3, -0.25) is 9.48 Å². The van der Waals surface area contributed by atoms with Gasteiger partial charge in [0.05, 0.1) is 21.3 Å². The second kappa shape index (κ2) is 7.29. The normalized spacial score (nSPS) is 10.7. The fourth-order valence-electron chi connectivity index (χ4n) is 2.36. The molecule has 0 unspecified atom stereocenters. The SMILES string of the molecule is Cc1ccc(Cl)c(OCc2csc(C(=O)Nc3cn(C)nc3C)c2)c1. The molecule has 0 radical (unpaired) electrons. The van der Waals surface area contributed by atoms with Crippen molar-refractivity contribution < 1.29 is 9.53 Å². The van der Waals surface area contributed by atoms with Crippen LogP contribution in [0.5, 0.6) is 5.75 Å². The van der Waals surface area contributed by atoms with Gasteiger partial charge in [-0.05, 0) is 43.0 Å². The largest absolute Gasteiger partial charge is 0.487 e. The third-order valence-electron chi connectivity index (χ3n) is 3.62. The maximum absolute atomic E-state index is 12.4. The number of nitrogens with one attached hydrogen (secondary N) is 1. The molecule has 0 bridgehead atoms. The van der Waals surface area contributed by atoms with Gasteiger partial charge >= 0.3 is 0 Å². The Morgan fingerprint density at radius 1 is 1.36 bits per heavy atom. The van der Waals surface area contributed by atoms with Crippen LogP contribution in [0.25, 0.3) is 0 Å². The van der Waals surface area contributed by atoms with E-state index < -0.39 is 0 Å². The van der Waals surface area contributed by atoms with Gasteiger partial charge < -0.3 is 10.1 Å². The summed E-state index contributed by atoms with van der Waals surface area (Å²) in [5, 5.41) is 9.58. The second-order valence-electron chi connectivity index (χ2n) is 5.80. The van der Waals surface area contributed by atoms with Crippen LogP contribution in [0.3, 0.4) is 0 Å². The highest BCUT2D eigenvalue weighted by atomic mass is 35.5. The van der Waals surface area contributed by atoms with E-state index in [-0.39, 0.29) is 5.91 Å². The van der Waals surface area contributed by atoms with Crippen molar-refractivity contribution in [3.63, 3.8) is 0 Å². The molecular formula is C18H18ClN3O2S. The molecular weight excluding hydrogens is 358 g/mol. The van der Waals surface area contributed by atoms with E-state index in [1.165, 1.54) is 11.3 Å². The molecule has 0 saturated heterocycles. The van der Waals surface area contributed by atoms with Crippen molar-refractivity contribution in [2.75, 3.05) is 5.32 Å². The third kappa shape index (κ3) is 4.21. The number of carbonyl (C=O) groups is 1. The number of rotatable bonds is 5. The van der Waals surface area contributed by atoms with Gasteiger partial charge in [-0.15, -0.1) is 11.3 Å². The van der Waals surface area contributed by atoms with Crippen LogP contribution in [-0.4, -0.2) is 15.7 Å². The maximum Gasteiger partial charge on any atom is 0.265 e. The Morgan fingerprint density at radius 2 is 2.16 bits per heavy atom. The van der Waals surface area contributed by atoms with Crippen molar-refractivity contribution in [1.82, 2.24) is 9.78 Å². The lowest BCUT2D eigenvalue weighted by molar-refractivity contribution is 0.103. The highest BCUT2D eigenvalue weighted by Gasteiger charge is 2.13. The Balaban J connectivity index is 1.64. The van der Waals surface area contributed by atoms with Crippen LogP contribution >= 0.6 is 22.9 Å². The molecule has 130 valence electrons. The number of carbonyl (C=O) groups excluding carboxylic acids is 1. The standard InChI is InChI=1S/C18H18ClN3O2S/c1-11-4-5-14(19)16(6-11)24-9-13-7-17(25-10-13)18(23)20-15-8-22(3)21-12(15)2/h4-8,10H,9H2,1-3H3,(H,20,23). The molecule has 3 rings (SSSR count). The number of thiophene rings is 1. The first kappa shape index (κ1) is 17.5. The minimum Gasteiger partial charge on any atom is -0.487 e. The molecule has 0 aliphatic carbocycles. The molecule has 0 atom stereocenters. The third-order valence-corrected chi connectivity index (χ3v) is 4.91. The van der Waals surface area contributed by atoms with E-state index in [1.807, 2.05) is 50.5 Å². The summed E-state index contributed by atoms with van der Waals surface area (Å²) >= 11 is 7.51. The van der Waals surface area contributed by atoms with Crippen molar-refractivity contribution in [1.29, 1.82) is 0 Å². The minimum absolute atomic E-state index is 0.152. The molecule has 0 fully saturated rings. The van der Waals surface area contributed by atoms with Gasteiger partial charge in [0.15, 0.2) is 0 Å². The van der Waals surface area contributed by atoms with Gasteiger partial charge in [-0.1, -0.05) is 17.7 Å². The number of hydrogen-bond acceptors (Lipinski definition) is 4. The van der Waals surface area contributed by atoms with Crippen LogP contribution in [0.15, 0.2) is 35.8 Å². The predicted molar refractivity (Wildman–Crippen MR) is 101 cm³/mol. The molecule has 0 spiro atoms. The topological polar surface area (TPSA) is 56.1 Å². The van der Waals surface area contributed by atoms with Crippen molar-refractivity contribution in [3.05, 3.63) is 62.6 Å². The molecule has 5 nitrogen and oxygen atoms in total. The van der Waals surface area contributed by atoms with Crippen molar-refractivity contribution in [2.24, 2.45) is 7.05 Å². The van der Waals surface area contributed by atoms with E-state index in [2.05, 4.69) is 10.4 Å². The number of benzene rings is 1. The summed E-state index contributed by atoms with van der Waals surface area (Å²) in [5.74, 6) is 0.491. The van der Waals surface area contributed by atoms with Gasteiger partial charge in [0, 0.05) is 18.8 Å². The Kier molecular flexibility index (Phi) is 5.11. The van der Waals surface area contributed by atoms with Gasteiger partial charge in [0.2, 0.25) is 0 Å². The lowest BCUT2D eigenvalue weighted by Gasteiger charge is -2.07. The monoisotopic (exact) mass is 375 g/mol. The van der Waals surface area contributed by atoms with Gasteiger partial charge in [0.1, 0.15) is 12.4 Å². The van der Waals surface area contributed by atoms with Crippen molar-refractivity contribution in [3.8, 4) is 5.75 Å². The number of halogens is 1. The average molecular weight is 376 g/mol. The fourth-order valence-corrected chi connectivity index (χ4v) is 3.32. The lowest BCUT2D eigenvalue weighted by atomic mass is 10.2. The zero-order valence-corrected chi connectivity index (χ0v) is 15.7. The van der Waals surface area contributed by atoms with Crippen LogP contribution in [0.2, 0.25) is 5.02 Å². The average Bonchev–Trinajstić information content (AvgIpc) is 3.15. The van der Waals surface area contributed by atoms with E-state index in [0.717, 1.165) is 16.8 Å². The molecule has 3 aromatic rings. The maximum atomic E-state index is 12.4. The molecule has 1 aromatic carbocycles. The number of hydrogen-bond donors (Lipinski definition) is 1. The fraction of sp³-hybridized carbons (Fsp3) is 0.222. The molecule has 2 aromatic heterocycles. The van der Waals surface area contributed by atoms with Crippen LogP contribution in [0.1, 0.15) is 26.5 Å². The van der Waals surface area contributed by atoms with E-state index in [0.29, 0.717) is 27.9 Å². The lowest BCUT2D eigenvalue weighted by Crippen LogP contribution is -2.10. The summed E-state index contributed by atoms with van der Waals surface area (Å²) in [6.45, 7) is 4.20. The second-order valence-corrected chi connectivity index (χ2v) is 7.12.